The summed E-state index contributed by atoms with van der Waals surface area (Å²) in [5.74, 6) is 2.11. The summed E-state index contributed by atoms with van der Waals surface area (Å²) in [5.41, 5.74) is 5.23. The van der Waals surface area contributed by atoms with Crippen molar-refractivity contribution in [2.75, 3.05) is 18.2 Å². The molecular formula is C31H36N4O2S. The number of nitrogens with one attached hydrogen (secondary N) is 1. The van der Waals surface area contributed by atoms with Gasteiger partial charge in [-0.3, -0.25) is 9.36 Å². The van der Waals surface area contributed by atoms with Gasteiger partial charge in [0, 0.05) is 16.9 Å². The van der Waals surface area contributed by atoms with Crippen LogP contribution in [0.25, 0.3) is 17.1 Å². The Kier molecular flexibility index (Phi) is 8.57. The number of aromatic nitrogens is 3. The maximum atomic E-state index is 12.8. The first-order valence-electron chi connectivity index (χ1n) is 12.9. The van der Waals surface area contributed by atoms with Crippen molar-refractivity contribution >= 4 is 23.4 Å². The summed E-state index contributed by atoms with van der Waals surface area (Å²) in [6.45, 7) is 11.0. The van der Waals surface area contributed by atoms with E-state index < -0.39 is 0 Å². The summed E-state index contributed by atoms with van der Waals surface area (Å²) in [4.78, 5) is 12.8. The highest BCUT2D eigenvalue weighted by atomic mass is 32.2. The molecule has 0 bridgehead atoms. The van der Waals surface area contributed by atoms with E-state index >= 15 is 0 Å². The van der Waals surface area contributed by atoms with Crippen LogP contribution in [0.4, 0.5) is 5.69 Å². The molecule has 0 unspecified atom stereocenters. The largest absolute Gasteiger partial charge is 0.497 e. The number of rotatable bonds is 9. The van der Waals surface area contributed by atoms with Crippen molar-refractivity contribution in [1.29, 1.82) is 0 Å². The van der Waals surface area contributed by atoms with Crippen molar-refractivity contribution in [2.45, 2.75) is 57.5 Å². The predicted molar refractivity (Wildman–Crippen MR) is 157 cm³/mol. The van der Waals surface area contributed by atoms with E-state index in [-0.39, 0.29) is 17.1 Å². The first kappa shape index (κ1) is 27.5. The standard InChI is InChI=1S/C31H36N4O2S/c1-7-21(2)22-10-14-25(15-11-22)32-28(36)20-38-30-34-33-29(23-8-12-24(13-9-23)31(3,4)5)35(30)26-16-18-27(37-6)19-17-26/h8-19,21H,7,20H2,1-6H3,(H,32,36)/t21-/m1/s1. The highest BCUT2D eigenvalue weighted by Crippen LogP contribution is 2.31. The number of carbonyl (C=O) groups excluding carboxylic acids is 1. The second-order valence-electron chi connectivity index (χ2n) is 10.4. The van der Waals surface area contributed by atoms with Crippen LogP contribution in [-0.2, 0) is 10.2 Å². The van der Waals surface area contributed by atoms with Crippen LogP contribution in [0, 0.1) is 0 Å². The van der Waals surface area contributed by atoms with Crippen molar-refractivity contribution in [3.05, 3.63) is 83.9 Å². The maximum Gasteiger partial charge on any atom is 0.234 e. The highest BCUT2D eigenvalue weighted by Gasteiger charge is 2.19. The topological polar surface area (TPSA) is 69.0 Å². The Morgan fingerprint density at radius 3 is 2.21 bits per heavy atom. The van der Waals surface area contributed by atoms with Crippen molar-refractivity contribution in [3.8, 4) is 22.8 Å². The summed E-state index contributed by atoms with van der Waals surface area (Å²) in [6.07, 6.45) is 1.08. The minimum Gasteiger partial charge on any atom is -0.497 e. The normalized spacial score (nSPS) is 12.3. The van der Waals surface area contributed by atoms with Gasteiger partial charge in [0.15, 0.2) is 11.0 Å². The van der Waals surface area contributed by atoms with Gasteiger partial charge in [0.05, 0.1) is 12.9 Å². The number of carbonyl (C=O) groups is 1. The van der Waals surface area contributed by atoms with Crippen LogP contribution in [0.2, 0.25) is 0 Å². The molecule has 0 fully saturated rings. The molecule has 1 heterocycles. The Balaban J connectivity index is 1.56. The van der Waals surface area contributed by atoms with Crippen LogP contribution < -0.4 is 10.1 Å². The van der Waals surface area contributed by atoms with Crippen LogP contribution >= 0.6 is 11.8 Å². The van der Waals surface area contributed by atoms with Gasteiger partial charge in [0.2, 0.25) is 5.91 Å². The molecule has 0 spiro atoms. The molecule has 0 saturated heterocycles. The van der Waals surface area contributed by atoms with Crippen LogP contribution in [-0.4, -0.2) is 33.5 Å². The second kappa shape index (κ2) is 11.9. The van der Waals surface area contributed by atoms with Crippen molar-refractivity contribution < 1.29 is 9.53 Å². The molecule has 198 valence electrons. The van der Waals surface area contributed by atoms with Crippen molar-refractivity contribution in [2.24, 2.45) is 0 Å². The minimum atomic E-state index is -0.0911. The molecule has 1 atom stereocenters. The monoisotopic (exact) mass is 528 g/mol. The lowest BCUT2D eigenvalue weighted by atomic mass is 9.87. The molecular weight excluding hydrogens is 492 g/mol. The number of anilines is 1. The third-order valence-electron chi connectivity index (χ3n) is 6.68. The average molecular weight is 529 g/mol. The van der Waals surface area contributed by atoms with Crippen LogP contribution in [0.15, 0.2) is 78.0 Å². The number of benzene rings is 3. The number of thioether (sulfide) groups is 1. The van der Waals surface area contributed by atoms with Gasteiger partial charge in [0.1, 0.15) is 5.75 Å². The van der Waals surface area contributed by atoms with Gasteiger partial charge in [-0.25, -0.2) is 0 Å². The maximum absolute atomic E-state index is 12.8. The van der Waals surface area contributed by atoms with Gasteiger partial charge >= 0.3 is 0 Å². The fourth-order valence-corrected chi connectivity index (χ4v) is 4.84. The molecule has 1 aromatic heterocycles. The van der Waals surface area contributed by atoms with Gasteiger partial charge in [-0.05, 0) is 65.3 Å². The number of methoxy groups -OCH3 is 1. The van der Waals surface area contributed by atoms with E-state index in [2.05, 4.69) is 86.5 Å². The molecule has 0 aliphatic heterocycles. The Labute approximate surface area is 229 Å². The summed E-state index contributed by atoms with van der Waals surface area (Å²) in [6, 6.07) is 24.3. The van der Waals surface area contributed by atoms with E-state index in [0.717, 1.165) is 34.9 Å². The molecule has 38 heavy (non-hydrogen) atoms. The van der Waals surface area contributed by atoms with Gasteiger partial charge < -0.3 is 10.1 Å². The average Bonchev–Trinajstić information content (AvgIpc) is 3.35. The Hall–Kier alpha value is -3.58. The van der Waals surface area contributed by atoms with Crippen LogP contribution in [0.3, 0.4) is 0 Å². The van der Waals surface area contributed by atoms with Gasteiger partial charge in [-0.15, -0.1) is 10.2 Å². The number of amides is 1. The van der Waals surface area contributed by atoms with Gasteiger partial charge in [-0.2, -0.15) is 0 Å². The molecule has 0 aliphatic rings. The Morgan fingerprint density at radius 2 is 1.63 bits per heavy atom. The third kappa shape index (κ3) is 6.45. The summed E-state index contributed by atoms with van der Waals surface area (Å²) in [7, 11) is 1.65. The molecule has 3 aromatic carbocycles. The smallest absolute Gasteiger partial charge is 0.234 e. The highest BCUT2D eigenvalue weighted by molar-refractivity contribution is 7.99. The Morgan fingerprint density at radius 1 is 0.974 bits per heavy atom. The zero-order valence-electron chi connectivity index (χ0n) is 23.0. The lowest BCUT2D eigenvalue weighted by molar-refractivity contribution is -0.113. The zero-order valence-corrected chi connectivity index (χ0v) is 23.8. The molecule has 7 heteroatoms. The molecule has 0 radical (unpaired) electrons. The Bertz CT molecular complexity index is 1360. The lowest BCUT2D eigenvalue weighted by Crippen LogP contribution is -2.14. The fourth-order valence-electron chi connectivity index (χ4n) is 4.09. The molecule has 6 nitrogen and oxygen atoms in total. The van der Waals surface area contributed by atoms with E-state index in [4.69, 9.17) is 4.74 Å². The van der Waals surface area contributed by atoms with Gasteiger partial charge in [0.25, 0.3) is 0 Å². The number of hydrogen-bond donors (Lipinski definition) is 1. The zero-order chi connectivity index (χ0) is 27.3. The summed E-state index contributed by atoms with van der Waals surface area (Å²) in [5, 5.41) is 12.6. The van der Waals surface area contributed by atoms with Gasteiger partial charge in [-0.1, -0.05) is 82.8 Å². The minimum absolute atomic E-state index is 0.0606. The lowest BCUT2D eigenvalue weighted by Gasteiger charge is -2.19. The molecule has 4 aromatic rings. The molecule has 4 rings (SSSR count). The molecule has 1 N–H and O–H groups in total. The SMILES string of the molecule is CC[C@@H](C)c1ccc(NC(=O)CSc2nnc(-c3ccc(C(C)(C)C)cc3)n2-c2ccc(OC)cc2)cc1. The first-order chi connectivity index (χ1) is 18.2. The number of hydrogen-bond acceptors (Lipinski definition) is 5. The third-order valence-corrected chi connectivity index (χ3v) is 7.61. The molecule has 1 amide bonds. The van der Waals surface area contributed by atoms with E-state index in [1.807, 2.05) is 41.0 Å². The van der Waals surface area contributed by atoms with E-state index in [9.17, 15) is 4.79 Å². The van der Waals surface area contributed by atoms with Crippen LogP contribution in [0.5, 0.6) is 5.75 Å². The van der Waals surface area contributed by atoms with E-state index in [1.165, 1.54) is 22.9 Å². The predicted octanol–water partition coefficient (Wildman–Crippen LogP) is 7.48. The van der Waals surface area contributed by atoms with Crippen molar-refractivity contribution in [3.63, 3.8) is 0 Å². The number of nitrogens with zero attached hydrogens (tertiary/aromatic N) is 3. The second-order valence-corrected chi connectivity index (χ2v) is 11.4. The summed E-state index contributed by atoms with van der Waals surface area (Å²) >= 11 is 1.36. The summed E-state index contributed by atoms with van der Waals surface area (Å²) < 4.78 is 7.33. The molecule has 0 aliphatic carbocycles. The number of ether oxygens (including phenoxy) is 1. The van der Waals surface area contributed by atoms with Crippen molar-refractivity contribution in [1.82, 2.24) is 14.8 Å². The van der Waals surface area contributed by atoms with Crippen LogP contribution in [0.1, 0.15) is 58.1 Å². The quantitative estimate of drug-likeness (QED) is 0.228. The van der Waals surface area contributed by atoms with E-state index in [1.54, 1.807) is 7.11 Å². The fraction of sp³-hybridized carbons (Fsp3) is 0.323. The molecule has 0 saturated carbocycles. The van der Waals surface area contributed by atoms with E-state index in [0.29, 0.717) is 11.1 Å². The first-order valence-corrected chi connectivity index (χ1v) is 13.9.